The minimum Gasteiger partial charge on any atom is -0.495 e. The van der Waals surface area contributed by atoms with Crippen LogP contribution in [-0.2, 0) is 19.6 Å². The zero-order chi connectivity index (χ0) is 23.8. The molecule has 8 nitrogen and oxygen atoms in total. The summed E-state index contributed by atoms with van der Waals surface area (Å²) in [6.07, 6.45) is 2.85. The summed E-state index contributed by atoms with van der Waals surface area (Å²) in [5, 5.41) is 2.65. The maximum absolute atomic E-state index is 12.7. The van der Waals surface area contributed by atoms with Gasteiger partial charge in [0.2, 0.25) is 5.91 Å². The molecule has 0 aliphatic carbocycles. The molecule has 170 valence electrons. The third kappa shape index (κ3) is 6.20. The highest BCUT2D eigenvalue weighted by Gasteiger charge is 2.16. The third-order valence-corrected chi connectivity index (χ3v) is 5.90. The van der Waals surface area contributed by atoms with Crippen molar-refractivity contribution in [3.63, 3.8) is 0 Å². The molecular formula is C24H22N2O6S. The zero-order valence-electron chi connectivity index (χ0n) is 17.9. The smallest absolute Gasteiger partial charge is 0.337 e. The minimum atomic E-state index is -3.82. The molecule has 2 N–H and O–H groups in total. The summed E-state index contributed by atoms with van der Waals surface area (Å²) < 4.78 is 37.7. The highest BCUT2D eigenvalue weighted by Crippen LogP contribution is 2.26. The Balaban J connectivity index is 1.66. The minimum absolute atomic E-state index is 0.0645. The van der Waals surface area contributed by atoms with Crippen LogP contribution in [0.2, 0.25) is 0 Å². The first-order valence-corrected chi connectivity index (χ1v) is 11.2. The molecule has 9 heteroatoms. The Morgan fingerprint density at radius 2 is 1.64 bits per heavy atom. The molecule has 3 aromatic carbocycles. The number of benzene rings is 3. The average Bonchev–Trinajstić information content (AvgIpc) is 2.82. The van der Waals surface area contributed by atoms with Crippen molar-refractivity contribution in [3.8, 4) is 5.75 Å². The Bertz CT molecular complexity index is 1280. The van der Waals surface area contributed by atoms with Gasteiger partial charge in [0, 0.05) is 11.8 Å². The highest BCUT2D eigenvalue weighted by atomic mass is 32.2. The second kappa shape index (κ2) is 10.5. The number of nitrogens with one attached hydrogen (secondary N) is 2. The van der Waals surface area contributed by atoms with E-state index in [2.05, 4.69) is 14.8 Å². The number of rotatable bonds is 8. The number of carbonyl (C=O) groups excluding carboxylic acids is 2. The van der Waals surface area contributed by atoms with Crippen molar-refractivity contribution in [2.45, 2.75) is 4.90 Å². The molecule has 0 unspecified atom stereocenters. The average molecular weight is 467 g/mol. The van der Waals surface area contributed by atoms with E-state index in [9.17, 15) is 18.0 Å². The van der Waals surface area contributed by atoms with Crippen molar-refractivity contribution in [3.05, 3.63) is 90.0 Å². The number of para-hydroxylation sites is 2. The van der Waals surface area contributed by atoms with Gasteiger partial charge in [0.05, 0.1) is 30.4 Å². The number of esters is 1. The molecule has 0 fully saturated rings. The summed E-state index contributed by atoms with van der Waals surface area (Å²) in [6, 6.07) is 19.1. The summed E-state index contributed by atoms with van der Waals surface area (Å²) in [4.78, 5) is 23.9. The molecule has 0 radical (unpaired) electrons. The molecule has 0 heterocycles. The topological polar surface area (TPSA) is 111 Å². The molecule has 0 saturated heterocycles. The van der Waals surface area contributed by atoms with Crippen molar-refractivity contribution in [1.29, 1.82) is 0 Å². The van der Waals surface area contributed by atoms with E-state index in [0.29, 0.717) is 28.3 Å². The van der Waals surface area contributed by atoms with E-state index in [1.807, 2.05) is 0 Å². The molecule has 3 aromatic rings. The fraction of sp³-hybridized carbons (Fsp3) is 0.0833. The summed E-state index contributed by atoms with van der Waals surface area (Å²) in [7, 11) is -1.08. The number of amides is 1. The van der Waals surface area contributed by atoms with Gasteiger partial charge < -0.3 is 14.8 Å². The van der Waals surface area contributed by atoms with Crippen molar-refractivity contribution >= 4 is 39.4 Å². The lowest BCUT2D eigenvalue weighted by Crippen LogP contribution is -2.13. The molecule has 0 aliphatic heterocycles. The Hall–Kier alpha value is -4.11. The van der Waals surface area contributed by atoms with Crippen LogP contribution in [0.15, 0.2) is 83.8 Å². The SMILES string of the molecule is COC(=O)c1cccc(NC(=O)C=Cc2ccc(S(=O)(=O)Nc3ccccc3OC)cc2)c1. The number of methoxy groups -OCH3 is 2. The van der Waals surface area contributed by atoms with E-state index in [1.54, 1.807) is 60.7 Å². The van der Waals surface area contributed by atoms with Gasteiger partial charge in [0.25, 0.3) is 10.0 Å². The van der Waals surface area contributed by atoms with Crippen LogP contribution < -0.4 is 14.8 Å². The van der Waals surface area contributed by atoms with E-state index in [0.717, 1.165) is 0 Å². The fourth-order valence-electron chi connectivity index (χ4n) is 2.89. The van der Waals surface area contributed by atoms with Crippen molar-refractivity contribution in [1.82, 2.24) is 0 Å². The van der Waals surface area contributed by atoms with E-state index >= 15 is 0 Å². The quantitative estimate of drug-likeness (QED) is 0.384. The lowest BCUT2D eigenvalue weighted by Gasteiger charge is -2.11. The van der Waals surface area contributed by atoms with Gasteiger partial charge in [0.1, 0.15) is 5.75 Å². The van der Waals surface area contributed by atoms with E-state index in [1.165, 1.54) is 38.5 Å². The third-order valence-electron chi connectivity index (χ3n) is 4.52. The molecule has 0 atom stereocenters. The van der Waals surface area contributed by atoms with Crippen LogP contribution in [-0.4, -0.2) is 34.5 Å². The van der Waals surface area contributed by atoms with Gasteiger partial charge in [-0.1, -0.05) is 30.3 Å². The molecule has 0 spiro atoms. The molecule has 0 saturated carbocycles. The first kappa shape index (κ1) is 23.6. The number of ether oxygens (including phenoxy) is 2. The van der Waals surface area contributed by atoms with Crippen LogP contribution in [0.3, 0.4) is 0 Å². The van der Waals surface area contributed by atoms with E-state index in [-0.39, 0.29) is 4.90 Å². The zero-order valence-corrected chi connectivity index (χ0v) is 18.8. The maximum atomic E-state index is 12.7. The van der Waals surface area contributed by atoms with Gasteiger partial charge in [-0.05, 0) is 54.1 Å². The lowest BCUT2D eigenvalue weighted by atomic mass is 10.2. The summed E-state index contributed by atoms with van der Waals surface area (Å²) in [5.41, 5.74) is 1.72. The predicted octanol–water partition coefficient (Wildman–Crippen LogP) is 3.93. The fourth-order valence-corrected chi connectivity index (χ4v) is 3.96. The van der Waals surface area contributed by atoms with Gasteiger partial charge >= 0.3 is 5.97 Å². The van der Waals surface area contributed by atoms with E-state index in [4.69, 9.17) is 4.74 Å². The van der Waals surface area contributed by atoms with Gasteiger partial charge in [-0.25, -0.2) is 13.2 Å². The predicted molar refractivity (Wildman–Crippen MR) is 126 cm³/mol. The Labute approximate surface area is 191 Å². The Morgan fingerprint density at radius 1 is 0.909 bits per heavy atom. The lowest BCUT2D eigenvalue weighted by molar-refractivity contribution is -0.111. The van der Waals surface area contributed by atoms with Crippen LogP contribution in [0.1, 0.15) is 15.9 Å². The highest BCUT2D eigenvalue weighted by molar-refractivity contribution is 7.92. The number of hydrogen-bond donors (Lipinski definition) is 2. The first-order chi connectivity index (χ1) is 15.8. The van der Waals surface area contributed by atoms with Crippen LogP contribution in [0, 0.1) is 0 Å². The van der Waals surface area contributed by atoms with Crippen molar-refractivity contribution in [2.75, 3.05) is 24.3 Å². The van der Waals surface area contributed by atoms with E-state index < -0.39 is 21.9 Å². The molecule has 3 rings (SSSR count). The second-order valence-electron chi connectivity index (χ2n) is 6.77. The summed E-state index contributed by atoms with van der Waals surface area (Å²) in [6.45, 7) is 0. The number of carbonyl (C=O) groups is 2. The largest absolute Gasteiger partial charge is 0.495 e. The summed E-state index contributed by atoms with van der Waals surface area (Å²) in [5.74, 6) is -0.507. The molecule has 0 aliphatic rings. The Kier molecular flexibility index (Phi) is 7.47. The molecule has 33 heavy (non-hydrogen) atoms. The van der Waals surface area contributed by atoms with Gasteiger partial charge in [-0.3, -0.25) is 9.52 Å². The monoisotopic (exact) mass is 466 g/mol. The molecule has 0 bridgehead atoms. The van der Waals surface area contributed by atoms with Crippen LogP contribution in [0.5, 0.6) is 5.75 Å². The van der Waals surface area contributed by atoms with Crippen molar-refractivity contribution in [2.24, 2.45) is 0 Å². The van der Waals surface area contributed by atoms with Gasteiger partial charge in [-0.15, -0.1) is 0 Å². The number of hydrogen-bond acceptors (Lipinski definition) is 6. The normalized spacial score (nSPS) is 11.1. The van der Waals surface area contributed by atoms with Crippen LogP contribution in [0.4, 0.5) is 11.4 Å². The van der Waals surface area contributed by atoms with Crippen molar-refractivity contribution < 1.29 is 27.5 Å². The van der Waals surface area contributed by atoms with Crippen LogP contribution >= 0.6 is 0 Å². The number of sulfonamides is 1. The summed E-state index contributed by atoms with van der Waals surface area (Å²) >= 11 is 0. The second-order valence-corrected chi connectivity index (χ2v) is 8.45. The number of anilines is 2. The Morgan fingerprint density at radius 3 is 2.33 bits per heavy atom. The maximum Gasteiger partial charge on any atom is 0.337 e. The molecule has 0 aromatic heterocycles. The first-order valence-electron chi connectivity index (χ1n) is 9.76. The molecule has 1 amide bonds. The van der Waals surface area contributed by atoms with Gasteiger partial charge in [0.15, 0.2) is 0 Å². The van der Waals surface area contributed by atoms with Gasteiger partial charge in [-0.2, -0.15) is 0 Å². The van der Waals surface area contributed by atoms with Crippen LogP contribution in [0.25, 0.3) is 6.08 Å². The standard InChI is InChI=1S/C24H22N2O6S/c1-31-22-9-4-3-8-21(22)26-33(29,30)20-13-10-17(11-14-20)12-15-23(27)25-19-7-5-6-18(16-19)24(28)32-2/h3-16,26H,1-2H3,(H,25,27). The molecular weight excluding hydrogens is 444 g/mol.